The van der Waals surface area contributed by atoms with Crippen LogP contribution >= 0.6 is 11.6 Å². The van der Waals surface area contributed by atoms with Crippen LogP contribution in [0.3, 0.4) is 0 Å². The summed E-state index contributed by atoms with van der Waals surface area (Å²) >= 11 is 6.11. The van der Waals surface area contributed by atoms with Gasteiger partial charge in [0.15, 0.2) is 0 Å². The van der Waals surface area contributed by atoms with E-state index in [0.29, 0.717) is 23.7 Å². The van der Waals surface area contributed by atoms with Crippen LogP contribution in [0, 0.1) is 6.92 Å². The number of halogens is 1. The highest BCUT2D eigenvalue weighted by molar-refractivity contribution is 7.92. The highest BCUT2D eigenvalue weighted by Crippen LogP contribution is 2.23. The van der Waals surface area contributed by atoms with Gasteiger partial charge in [0.2, 0.25) is 21.8 Å². The summed E-state index contributed by atoms with van der Waals surface area (Å²) in [5.41, 5.74) is 3.42. The molecule has 0 saturated carbocycles. The van der Waals surface area contributed by atoms with Gasteiger partial charge in [-0.05, 0) is 49.1 Å². The van der Waals surface area contributed by atoms with Crippen LogP contribution < -0.4 is 9.62 Å². The first-order valence-electron chi connectivity index (χ1n) is 14.0. The number of rotatable bonds is 15. The van der Waals surface area contributed by atoms with Gasteiger partial charge < -0.3 is 10.2 Å². The Bertz CT molecular complexity index is 1380. The number of benzene rings is 3. The van der Waals surface area contributed by atoms with Crippen LogP contribution in [0.25, 0.3) is 0 Å². The quantitative estimate of drug-likeness (QED) is 0.226. The molecule has 0 aliphatic heterocycles. The van der Waals surface area contributed by atoms with Crippen molar-refractivity contribution in [2.75, 3.05) is 23.7 Å². The maximum atomic E-state index is 13.9. The minimum absolute atomic E-state index is 0.0754. The lowest BCUT2D eigenvalue weighted by Crippen LogP contribution is -2.50. The summed E-state index contributed by atoms with van der Waals surface area (Å²) in [6, 6.07) is 23.5. The number of carbonyl (C=O) groups is 2. The molecule has 0 fully saturated rings. The molecular formula is C32H40ClN3O4S. The Balaban J connectivity index is 1.86. The molecule has 0 aliphatic carbocycles. The molecule has 41 heavy (non-hydrogen) atoms. The highest BCUT2D eigenvalue weighted by Gasteiger charge is 2.30. The number of carbonyl (C=O) groups excluding carboxylic acids is 2. The van der Waals surface area contributed by atoms with Crippen molar-refractivity contribution in [2.24, 2.45) is 0 Å². The molecule has 1 N–H and O–H groups in total. The fraction of sp³-hybridized carbons (Fsp3) is 0.375. The SMILES string of the molecule is CCCCNC(=O)C(Cc1ccccc1)N(Cc1ccc(C)cc1)C(=O)CCCN(c1cccc(Cl)c1)S(C)(=O)=O. The van der Waals surface area contributed by atoms with Crippen molar-refractivity contribution in [2.45, 2.75) is 58.5 Å². The second-order valence-corrected chi connectivity index (χ2v) is 12.6. The van der Waals surface area contributed by atoms with Gasteiger partial charge in [-0.3, -0.25) is 13.9 Å². The lowest BCUT2D eigenvalue weighted by molar-refractivity contribution is -0.141. The number of unbranched alkanes of at least 4 members (excludes halogenated alkanes) is 1. The molecule has 0 heterocycles. The molecule has 0 saturated heterocycles. The Hall–Kier alpha value is -3.36. The third kappa shape index (κ3) is 10.2. The van der Waals surface area contributed by atoms with Crippen molar-refractivity contribution in [1.29, 1.82) is 0 Å². The van der Waals surface area contributed by atoms with Crippen LogP contribution in [-0.4, -0.2) is 50.5 Å². The van der Waals surface area contributed by atoms with Gasteiger partial charge in [-0.25, -0.2) is 8.42 Å². The van der Waals surface area contributed by atoms with E-state index < -0.39 is 16.1 Å². The summed E-state index contributed by atoms with van der Waals surface area (Å²) in [6.45, 7) is 4.97. The van der Waals surface area contributed by atoms with Crippen molar-refractivity contribution in [3.05, 3.63) is 101 Å². The number of hydrogen-bond acceptors (Lipinski definition) is 4. The molecule has 3 aromatic carbocycles. The van der Waals surface area contributed by atoms with E-state index in [2.05, 4.69) is 12.2 Å². The van der Waals surface area contributed by atoms with Crippen molar-refractivity contribution >= 4 is 39.1 Å². The van der Waals surface area contributed by atoms with Gasteiger partial charge in [-0.2, -0.15) is 0 Å². The van der Waals surface area contributed by atoms with Gasteiger partial charge in [0.1, 0.15) is 6.04 Å². The molecule has 1 atom stereocenters. The van der Waals surface area contributed by atoms with Gasteiger partial charge in [-0.15, -0.1) is 0 Å². The molecule has 3 rings (SSSR count). The molecule has 0 radical (unpaired) electrons. The summed E-state index contributed by atoms with van der Waals surface area (Å²) in [7, 11) is -3.60. The number of anilines is 1. The van der Waals surface area contributed by atoms with E-state index >= 15 is 0 Å². The molecule has 7 nitrogen and oxygen atoms in total. The predicted molar refractivity (Wildman–Crippen MR) is 166 cm³/mol. The van der Waals surface area contributed by atoms with E-state index in [-0.39, 0.29) is 37.7 Å². The van der Waals surface area contributed by atoms with Crippen LogP contribution in [0.4, 0.5) is 5.69 Å². The summed E-state index contributed by atoms with van der Waals surface area (Å²) < 4.78 is 26.4. The first kappa shape index (κ1) is 32.2. The zero-order chi connectivity index (χ0) is 29.8. The normalized spacial score (nSPS) is 12.0. The van der Waals surface area contributed by atoms with Crippen molar-refractivity contribution < 1.29 is 18.0 Å². The Morgan fingerprint density at radius 2 is 1.63 bits per heavy atom. The maximum absolute atomic E-state index is 13.9. The Morgan fingerprint density at radius 3 is 2.27 bits per heavy atom. The largest absolute Gasteiger partial charge is 0.354 e. The molecular weight excluding hydrogens is 558 g/mol. The van der Waals surface area contributed by atoms with E-state index in [1.165, 1.54) is 4.31 Å². The molecule has 220 valence electrons. The van der Waals surface area contributed by atoms with E-state index in [1.807, 2.05) is 61.5 Å². The van der Waals surface area contributed by atoms with Crippen LogP contribution in [0.2, 0.25) is 5.02 Å². The molecule has 9 heteroatoms. The van der Waals surface area contributed by atoms with Crippen LogP contribution in [0.15, 0.2) is 78.9 Å². The Morgan fingerprint density at radius 1 is 0.927 bits per heavy atom. The van der Waals surface area contributed by atoms with Crippen molar-refractivity contribution in [3.8, 4) is 0 Å². The molecule has 3 aromatic rings. The lowest BCUT2D eigenvalue weighted by Gasteiger charge is -2.32. The third-order valence-corrected chi connectivity index (χ3v) is 8.25. The van der Waals surface area contributed by atoms with E-state index in [9.17, 15) is 18.0 Å². The Kier molecular flexibility index (Phi) is 12.2. The van der Waals surface area contributed by atoms with E-state index in [0.717, 1.165) is 35.8 Å². The smallest absolute Gasteiger partial charge is 0.243 e. The fourth-order valence-electron chi connectivity index (χ4n) is 4.59. The number of hydrogen-bond donors (Lipinski definition) is 1. The zero-order valence-corrected chi connectivity index (χ0v) is 25.6. The second-order valence-electron chi connectivity index (χ2n) is 10.3. The van der Waals surface area contributed by atoms with Gasteiger partial charge >= 0.3 is 0 Å². The van der Waals surface area contributed by atoms with Gasteiger partial charge in [0.05, 0.1) is 11.9 Å². The summed E-state index contributed by atoms with van der Waals surface area (Å²) in [4.78, 5) is 29.0. The second kappa shape index (κ2) is 15.6. The average molecular weight is 598 g/mol. The van der Waals surface area contributed by atoms with Crippen LogP contribution in [0.5, 0.6) is 0 Å². The summed E-state index contributed by atoms with van der Waals surface area (Å²) in [5.74, 6) is -0.406. The van der Waals surface area contributed by atoms with E-state index in [4.69, 9.17) is 11.6 Å². The Labute approximate surface area is 249 Å². The summed E-state index contributed by atoms with van der Waals surface area (Å²) in [5, 5.41) is 3.45. The number of nitrogens with zero attached hydrogens (tertiary/aromatic N) is 2. The first-order chi connectivity index (χ1) is 19.6. The van der Waals surface area contributed by atoms with Crippen molar-refractivity contribution in [3.63, 3.8) is 0 Å². The fourth-order valence-corrected chi connectivity index (χ4v) is 5.73. The minimum Gasteiger partial charge on any atom is -0.354 e. The minimum atomic E-state index is -3.60. The van der Waals surface area contributed by atoms with Crippen molar-refractivity contribution in [1.82, 2.24) is 10.2 Å². The molecule has 0 spiro atoms. The standard InChI is InChI=1S/C32H40ClN3O4S/c1-4-5-20-34-32(38)30(22-26-11-7-6-8-12-26)35(24-27-18-16-25(2)17-19-27)31(37)15-10-21-36(41(3,39)40)29-14-9-13-28(33)23-29/h6-9,11-14,16-19,23,30H,4-5,10,15,20-22,24H2,1-3H3,(H,34,38). The first-order valence-corrected chi connectivity index (χ1v) is 16.2. The number of sulfonamides is 1. The number of aryl methyl sites for hydroxylation is 1. The molecule has 1 unspecified atom stereocenters. The monoisotopic (exact) mass is 597 g/mol. The highest BCUT2D eigenvalue weighted by atomic mass is 35.5. The molecule has 0 bridgehead atoms. The molecule has 0 aliphatic rings. The van der Waals surface area contributed by atoms with Crippen LogP contribution in [0.1, 0.15) is 49.3 Å². The number of nitrogens with one attached hydrogen (secondary N) is 1. The topological polar surface area (TPSA) is 86.8 Å². The van der Waals surface area contributed by atoms with Gasteiger partial charge in [0, 0.05) is 37.5 Å². The third-order valence-electron chi connectivity index (χ3n) is 6.82. The van der Waals surface area contributed by atoms with Gasteiger partial charge in [0.25, 0.3) is 0 Å². The zero-order valence-electron chi connectivity index (χ0n) is 24.1. The predicted octanol–water partition coefficient (Wildman–Crippen LogP) is 5.75. The molecule has 2 amide bonds. The summed E-state index contributed by atoms with van der Waals surface area (Å²) in [6.07, 6.45) is 3.65. The van der Waals surface area contributed by atoms with Crippen LogP contribution in [-0.2, 0) is 32.6 Å². The maximum Gasteiger partial charge on any atom is 0.243 e. The van der Waals surface area contributed by atoms with Gasteiger partial charge in [-0.1, -0.05) is 91.2 Å². The lowest BCUT2D eigenvalue weighted by atomic mass is 10.0. The number of amides is 2. The van der Waals surface area contributed by atoms with E-state index in [1.54, 1.807) is 29.2 Å². The average Bonchev–Trinajstić information content (AvgIpc) is 2.94. The molecule has 0 aromatic heterocycles.